The van der Waals surface area contributed by atoms with Crippen molar-refractivity contribution in [1.82, 2.24) is 14.5 Å². The van der Waals surface area contributed by atoms with E-state index < -0.39 is 0 Å². The van der Waals surface area contributed by atoms with E-state index in [1.54, 1.807) is 11.3 Å². The maximum atomic E-state index is 5.42. The first-order chi connectivity index (χ1) is 21.3. The second-order valence-corrected chi connectivity index (χ2v) is 13.1. The Morgan fingerprint density at radius 3 is 2.16 bits per heavy atom. The van der Waals surface area contributed by atoms with Crippen LogP contribution in [0.15, 0.2) is 127 Å². The first-order valence-electron chi connectivity index (χ1n) is 14.3. The molecule has 6 aromatic carbocycles. The van der Waals surface area contributed by atoms with E-state index >= 15 is 0 Å². The quantitative estimate of drug-likeness (QED) is 0.203. The molecule has 0 bridgehead atoms. The summed E-state index contributed by atoms with van der Waals surface area (Å²) in [4.78, 5) is 11.7. The van der Waals surface area contributed by atoms with Crippen molar-refractivity contribution in [2.45, 2.75) is 0 Å². The standard InChI is InChI=1S/C38H21N3S2/c1-2-11-23(12-3-1)34-37(40-38-35(39-34)27-15-7-9-17-32(27)43-38)41-30-16-8-6-14-25(30)28-20-29-26-19-18-22-10-4-5-13-24(22)36(26)42-33(29)21-31(28)41/h1-21H. The zero-order valence-electron chi connectivity index (χ0n) is 22.8. The number of nitrogens with zero attached hydrogens (tertiary/aromatic N) is 3. The smallest absolute Gasteiger partial charge is 0.166 e. The lowest BCUT2D eigenvalue weighted by atomic mass is 10.0. The molecule has 0 atom stereocenters. The number of thiophene rings is 2. The fraction of sp³-hybridized carbons (Fsp3) is 0. The van der Waals surface area contributed by atoms with Crippen molar-refractivity contribution in [3.05, 3.63) is 127 Å². The molecule has 0 aliphatic rings. The van der Waals surface area contributed by atoms with Gasteiger partial charge in [0.25, 0.3) is 0 Å². The maximum absolute atomic E-state index is 5.42. The van der Waals surface area contributed by atoms with Crippen LogP contribution in [-0.4, -0.2) is 14.5 Å². The molecule has 5 heteroatoms. The highest BCUT2D eigenvalue weighted by atomic mass is 32.1. The molecule has 10 rings (SSSR count). The van der Waals surface area contributed by atoms with E-state index in [1.807, 2.05) is 11.3 Å². The van der Waals surface area contributed by atoms with Gasteiger partial charge in [-0.15, -0.1) is 22.7 Å². The predicted octanol–water partition coefficient (Wildman–Crippen LogP) is 11.1. The topological polar surface area (TPSA) is 30.7 Å². The molecule has 43 heavy (non-hydrogen) atoms. The molecular weight excluding hydrogens is 563 g/mol. The summed E-state index contributed by atoms with van der Waals surface area (Å²) < 4.78 is 6.16. The summed E-state index contributed by atoms with van der Waals surface area (Å²) in [5.74, 6) is 0.863. The van der Waals surface area contributed by atoms with E-state index in [9.17, 15) is 0 Å². The van der Waals surface area contributed by atoms with Crippen molar-refractivity contribution in [2.75, 3.05) is 0 Å². The van der Waals surface area contributed by atoms with Crippen molar-refractivity contribution < 1.29 is 0 Å². The van der Waals surface area contributed by atoms with E-state index in [0.717, 1.165) is 43.8 Å². The van der Waals surface area contributed by atoms with Crippen molar-refractivity contribution in [1.29, 1.82) is 0 Å². The fourth-order valence-electron chi connectivity index (χ4n) is 6.65. The minimum Gasteiger partial charge on any atom is -0.292 e. The third-order valence-electron chi connectivity index (χ3n) is 8.61. The van der Waals surface area contributed by atoms with Gasteiger partial charge < -0.3 is 0 Å². The number of benzene rings is 6. The van der Waals surface area contributed by atoms with Gasteiger partial charge in [0.2, 0.25) is 0 Å². The maximum Gasteiger partial charge on any atom is 0.166 e. The Balaban J connectivity index is 1.36. The van der Waals surface area contributed by atoms with Crippen LogP contribution in [-0.2, 0) is 0 Å². The van der Waals surface area contributed by atoms with Gasteiger partial charge in [0, 0.05) is 46.6 Å². The summed E-state index contributed by atoms with van der Waals surface area (Å²) in [6, 6.07) is 45.6. The molecule has 0 aliphatic heterocycles. The van der Waals surface area contributed by atoms with Gasteiger partial charge in [0.05, 0.1) is 11.0 Å². The average Bonchev–Trinajstić information content (AvgIpc) is 3.72. The van der Waals surface area contributed by atoms with Gasteiger partial charge in [-0.05, 0) is 35.0 Å². The first-order valence-corrected chi connectivity index (χ1v) is 16.0. The van der Waals surface area contributed by atoms with Crippen LogP contribution >= 0.6 is 22.7 Å². The lowest BCUT2D eigenvalue weighted by molar-refractivity contribution is 1.09. The summed E-state index contributed by atoms with van der Waals surface area (Å²) in [6.45, 7) is 0. The Kier molecular flexibility index (Phi) is 4.75. The predicted molar refractivity (Wildman–Crippen MR) is 185 cm³/mol. The highest BCUT2D eigenvalue weighted by Gasteiger charge is 2.22. The van der Waals surface area contributed by atoms with Gasteiger partial charge in [-0.25, -0.2) is 9.97 Å². The lowest BCUT2D eigenvalue weighted by Gasteiger charge is -2.12. The molecule has 0 saturated carbocycles. The van der Waals surface area contributed by atoms with Gasteiger partial charge in [-0.1, -0.05) is 103 Å². The van der Waals surface area contributed by atoms with E-state index in [-0.39, 0.29) is 0 Å². The lowest BCUT2D eigenvalue weighted by Crippen LogP contribution is -2.02. The SMILES string of the molecule is c1ccc(-c2nc3c(nc2-n2c4ccccc4c4cc5c(cc42)sc2c4ccccc4ccc52)sc2ccccc23)cc1. The molecule has 0 amide bonds. The monoisotopic (exact) mass is 583 g/mol. The number of rotatable bonds is 2. The van der Waals surface area contributed by atoms with Crippen LogP contribution in [0.2, 0.25) is 0 Å². The van der Waals surface area contributed by atoms with Gasteiger partial charge in [-0.3, -0.25) is 4.57 Å². The Morgan fingerprint density at radius 1 is 0.488 bits per heavy atom. The largest absolute Gasteiger partial charge is 0.292 e. The second-order valence-electron chi connectivity index (χ2n) is 11.0. The van der Waals surface area contributed by atoms with Crippen LogP contribution < -0.4 is 0 Å². The molecule has 200 valence electrons. The highest BCUT2D eigenvalue weighted by Crippen LogP contribution is 2.44. The third-order valence-corrected chi connectivity index (χ3v) is 10.9. The normalized spacial score (nSPS) is 12.2. The summed E-state index contributed by atoms with van der Waals surface area (Å²) in [6.07, 6.45) is 0. The Morgan fingerprint density at radius 2 is 1.26 bits per heavy atom. The molecule has 0 spiro atoms. The van der Waals surface area contributed by atoms with Crippen molar-refractivity contribution in [3.8, 4) is 17.1 Å². The summed E-state index contributed by atoms with van der Waals surface area (Å²) in [5, 5.41) is 8.81. The number of hydrogen-bond donors (Lipinski definition) is 0. The van der Waals surface area contributed by atoms with E-state index in [4.69, 9.17) is 9.97 Å². The third kappa shape index (κ3) is 3.29. The summed E-state index contributed by atoms with van der Waals surface area (Å²) in [7, 11) is 0. The number of para-hydroxylation sites is 1. The van der Waals surface area contributed by atoms with E-state index in [1.165, 1.54) is 46.4 Å². The van der Waals surface area contributed by atoms with Crippen molar-refractivity contribution in [3.63, 3.8) is 0 Å². The molecule has 0 radical (unpaired) electrons. The molecule has 4 aromatic heterocycles. The fourth-order valence-corrected chi connectivity index (χ4v) is 8.92. The van der Waals surface area contributed by atoms with Crippen LogP contribution in [0.5, 0.6) is 0 Å². The summed E-state index contributed by atoms with van der Waals surface area (Å²) >= 11 is 3.59. The Bertz CT molecular complexity index is 2730. The van der Waals surface area contributed by atoms with Crippen molar-refractivity contribution >= 4 is 95.9 Å². The second kappa shape index (κ2) is 8.71. The molecule has 0 N–H and O–H groups in total. The van der Waals surface area contributed by atoms with Gasteiger partial charge >= 0.3 is 0 Å². The first kappa shape index (κ1) is 23.5. The molecular formula is C38H21N3S2. The number of fused-ring (bicyclic) bond motifs is 11. The minimum atomic E-state index is 0.863. The van der Waals surface area contributed by atoms with Crippen LogP contribution in [0.3, 0.4) is 0 Å². The molecule has 0 fully saturated rings. The molecule has 0 unspecified atom stereocenters. The van der Waals surface area contributed by atoms with Crippen LogP contribution in [0.25, 0.3) is 90.3 Å². The van der Waals surface area contributed by atoms with Crippen LogP contribution in [0, 0.1) is 0 Å². The van der Waals surface area contributed by atoms with Gasteiger partial charge in [0.1, 0.15) is 16.0 Å². The molecule has 3 nitrogen and oxygen atoms in total. The van der Waals surface area contributed by atoms with Gasteiger partial charge in [-0.2, -0.15) is 0 Å². The zero-order valence-corrected chi connectivity index (χ0v) is 24.4. The molecule has 0 saturated heterocycles. The average molecular weight is 584 g/mol. The highest BCUT2D eigenvalue weighted by molar-refractivity contribution is 7.26. The van der Waals surface area contributed by atoms with Crippen LogP contribution in [0.1, 0.15) is 0 Å². The Hall–Kier alpha value is -5.10. The Labute approximate surface area is 253 Å². The molecule has 0 aliphatic carbocycles. The molecule has 10 aromatic rings. The van der Waals surface area contributed by atoms with E-state index in [2.05, 4.69) is 132 Å². The minimum absolute atomic E-state index is 0.863. The molecule has 4 heterocycles. The van der Waals surface area contributed by atoms with Crippen LogP contribution in [0.4, 0.5) is 0 Å². The van der Waals surface area contributed by atoms with Gasteiger partial charge in [0.15, 0.2) is 5.82 Å². The summed E-state index contributed by atoms with van der Waals surface area (Å²) in [5.41, 5.74) is 5.19. The van der Waals surface area contributed by atoms with Crippen molar-refractivity contribution in [2.24, 2.45) is 0 Å². The number of hydrogen-bond acceptors (Lipinski definition) is 4. The van der Waals surface area contributed by atoms with E-state index in [0.29, 0.717) is 0 Å². The zero-order chi connectivity index (χ0) is 28.1. The number of aromatic nitrogens is 3.